The first-order chi connectivity index (χ1) is 6.70. The highest BCUT2D eigenvalue weighted by Gasteiger charge is 1.98. The Morgan fingerprint density at radius 3 is 2.50 bits per heavy atom. The maximum atomic E-state index is 10.9. The number of esters is 2. The lowest BCUT2D eigenvalue weighted by Gasteiger charge is -1.98. The van der Waals surface area contributed by atoms with Gasteiger partial charge in [-0.25, -0.2) is 9.59 Å². The second-order valence-electron chi connectivity index (χ2n) is 2.46. The van der Waals surface area contributed by atoms with Gasteiger partial charge in [-0.1, -0.05) is 19.9 Å². The Bertz CT molecular complexity index is 230. The van der Waals surface area contributed by atoms with Gasteiger partial charge in [-0.3, -0.25) is 0 Å². The monoisotopic (exact) mass is 198 g/mol. The SMILES string of the molecule is C=COC(=O)/C=C\C(=O)OCCCC. The fourth-order valence-electron chi connectivity index (χ4n) is 0.623. The average Bonchev–Trinajstić information content (AvgIpc) is 2.16. The van der Waals surface area contributed by atoms with Crippen LogP contribution < -0.4 is 0 Å². The van der Waals surface area contributed by atoms with Crippen molar-refractivity contribution in [1.82, 2.24) is 0 Å². The summed E-state index contributed by atoms with van der Waals surface area (Å²) in [6, 6.07) is 0. The molecule has 0 heterocycles. The summed E-state index contributed by atoms with van der Waals surface area (Å²) < 4.78 is 9.10. The lowest BCUT2D eigenvalue weighted by Crippen LogP contribution is -2.03. The van der Waals surface area contributed by atoms with Gasteiger partial charge < -0.3 is 9.47 Å². The summed E-state index contributed by atoms with van der Waals surface area (Å²) in [7, 11) is 0. The molecule has 0 aromatic carbocycles. The van der Waals surface area contributed by atoms with Crippen molar-refractivity contribution in [2.75, 3.05) is 6.61 Å². The van der Waals surface area contributed by atoms with E-state index in [9.17, 15) is 9.59 Å². The van der Waals surface area contributed by atoms with Gasteiger partial charge in [0.25, 0.3) is 0 Å². The van der Waals surface area contributed by atoms with E-state index in [1.165, 1.54) is 0 Å². The molecular formula is C10H14O4. The smallest absolute Gasteiger partial charge is 0.335 e. The molecule has 0 aliphatic heterocycles. The van der Waals surface area contributed by atoms with Crippen molar-refractivity contribution in [3.8, 4) is 0 Å². The lowest BCUT2D eigenvalue weighted by atomic mass is 10.4. The van der Waals surface area contributed by atoms with E-state index in [0.717, 1.165) is 31.3 Å². The molecule has 0 bridgehead atoms. The van der Waals surface area contributed by atoms with Crippen LogP contribution in [0.4, 0.5) is 0 Å². The quantitative estimate of drug-likeness (QED) is 0.281. The summed E-state index contributed by atoms with van der Waals surface area (Å²) in [6.07, 6.45) is 4.79. The van der Waals surface area contributed by atoms with Crippen molar-refractivity contribution < 1.29 is 19.1 Å². The van der Waals surface area contributed by atoms with Gasteiger partial charge in [-0.2, -0.15) is 0 Å². The summed E-state index contributed by atoms with van der Waals surface area (Å²) >= 11 is 0. The summed E-state index contributed by atoms with van der Waals surface area (Å²) in [5.74, 6) is -1.19. The van der Waals surface area contributed by atoms with Crippen LogP contribution in [0, 0.1) is 0 Å². The summed E-state index contributed by atoms with van der Waals surface area (Å²) in [5.41, 5.74) is 0. The summed E-state index contributed by atoms with van der Waals surface area (Å²) in [5, 5.41) is 0. The van der Waals surface area contributed by atoms with Gasteiger partial charge in [0.1, 0.15) is 0 Å². The zero-order chi connectivity index (χ0) is 10.8. The first kappa shape index (κ1) is 12.4. The van der Waals surface area contributed by atoms with Crippen LogP contribution in [0.2, 0.25) is 0 Å². The van der Waals surface area contributed by atoms with E-state index in [-0.39, 0.29) is 0 Å². The normalized spacial score (nSPS) is 9.79. The molecular weight excluding hydrogens is 184 g/mol. The minimum atomic E-state index is -0.646. The van der Waals surface area contributed by atoms with Crippen LogP contribution in [0.15, 0.2) is 25.0 Å². The number of rotatable bonds is 6. The first-order valence-electron chi connectivity index (χ1n) is 4.37. The molecule has 78 valence electrons. The van der Waals surface area contributed by atoms with E-state index < -0.39 is 11.9 Å². The van der Waals surface area contributed by atoms with E-state index in [2.05, 4.69) is 11.3 Å². The standard InChI is InChI=1S/C10H14O4/c1-3-5-8-14-10(12)7-6-9(11)13-4-2/h4,6-7H,2-3,5,8H2,1H3/b7-6-. The van der Waals surface area contributed by atoms with Crippen LogP contribution in [0.1, 0.15) is 19.8 Å². The molecule has 0 aromatic rings. The van der Waals surface area contributed by atoms with Gasteiger partial charge in [-0.15, -0.1) is 0 Å². The van der Waals surface area contributed by atoms with Gasteiger partial charge in [0.15, 0.2) is 0 Å². The second-order valence-corrected chi connectivity index (χ2v) is 2.46. The van der Waals surface area contributed by atoms with Crippen molar-refractivity contribution in [3.63, 3.8) is 0 Å². The predicted octanol–water partition coefficient (Wildman–Crippen LogP) is 1.57. The van der Waals surface area contributed by atoms with Crippen LogP contribution in [-0.4, -0.2) is 18.5 Å². The zero-order valence-corrected chi connectivity index (χ0v) is 8.19. The van der Waals surface area contributed by atoms with E-state index in [0.29, 0.717) is 6.61 Å². The molecule has 0 N–H and O–H groups in total. The van der Waals surface area contributed by atoms with Crippen molar-refractivity contribution in [1.29, 1.82) is 0 Å². The van der Waals surface area contributed by atoms with E-state index in [1.807, 2.05) is 6.92 Å². The van der Waals surface area contributed by atoms with Gasteiger partial charge in [0.2, 0.25) is 0 Å². The minimum absolute atomic E-state index is 0.371. The van der Waals surface area contributed by atoms with E-state index in [4.69, 9.17) is 4.74 Å². The largest absolute Gasteiger partial charge is 0.463 e. The second kappa shape index (κ2) is 8.04. The Morgan fingerprint density at radius 1 is 1.29 bits per heavy atom. The Kier molecular flexibility index (Phi) is 7.13. The fraction of sp³-hybridized carbons (Fsp3) is 0.400. The Labute approximate surface area is 83.2 Å². The number of ether oxygens (including phenoxy) is 2. The van der Waals surface area contributed by atoms with Crippen LogP contribution in [0.3, 0.4) is 0 Å². The van der Waals surface area contributed by atoms with E-state index in [1.54, 1.807) is 0 Å². The molecule has 4 heteroatoms. The van der Waals surface area contributed by atoms with Gasteiger partial charge in [-0.05, 0) is 6.42 Å². The molecule has 0 radical (unpaired) electrons. The molecule has 0 saturated carbocycles. The number of unbranched alkanes of at least 4 members (excludes halogenated alkanes) is 1. The van der Waals surface area contributed by atoms with Gasteiger partial charge in [0, 0.05) is 12.2 Å². The van der Waals surface area contributed by atoms with Gasteiger partial charge >= 0.3 is 11.9 Å². The molecule has 0 unspecified atom stereocenters. The molecule has 0 atom stereocenters. The van der Waals surface area contributed by atoms with Crippen molar-refractivity contribution in [2.45, 2.75) is 19.8 Å². The first-order valence-corrected chi connectivity index (χ1v) is 4.37. The highest BCUT2D eigenvalue weighted by atomic mass is 16.5. The number of hydrogen-bond donors (Lipinski definition) is 0. The van der Waals surface area contributed by atoms with Crippen LogP contribution in [-0.2, 0) is 19.1 Å². The van der Waals surface area contributed by atoms with E-state index >= 15 is 0 Å². The lowest BCUT2D eigenvalue weighted by molar-refractivity contribution is -0.138. The molecule has 0 aliphatic carbocycles. The third kappa shape index (κ3) is 7.09. The van der Waals surface area contributed by atoms with Crippen molar-refractivity contribution >= 4 is 11.9 Å². The molecule has 0 saturated heterocycles. The minimum Gasteiger partial charge on any atom is -0.463 e. The number of carbonyl (C=O) groups is 2. The van der Waals surface area contributed by atoms with Crippen LogP contribution in [0.5, 0.6) is 0 Å². The number of carbonyl (C=O) groups excluding carboxylic acids is 2. The molecule has 0 fully saturated rings. The molecule has 0 aromatic heterocycles. The van der Waals surface area contributed by atoms with Crippen molar-refractivity contribution in [2.24, 2.45) is 0 Å². The van der Waals surface area contributed by atoms with Gasteiger partial charge in [0.05, 0.1) is 12.9 Å². The molecule has 4 nitrogen and oxygen atoms in total. The molecule has 0 amide bonds. The highest BCUT2D eigenvalue weighted by molar-refractivity contribution is 5.91. The Morgan fingerprint density at radius 2 is 1.93 bits per heavy atom. The third-order valence-electron chi connectivity index (χ3n) is 1.30. The average molecular weight is 198 g/mol. The van der Waals surface area contributed by atoms with Crippen LogP contribution in [0.25, 0.3) is 0 Å². The Balaban J connectivity index is 3.69. The summed E-state index contributed by atoms with van der Waals surface area (Å²) in [6.45, 7) is 5.56. The third-order valence-corrected chi connectivity index (χ3v) is 1.30. The van der Waals surface area contributed by atoms with Crippen LogP contribution >= 0.6 is 0 Å². The highest BCUT2D eigenvalue weighted by Crippen LogP contribution is 1.90. The predicted molar refractivity (Wildman–Crippen MR) is 51.3 cm³/mol. The number of hydrogen-bond acceptors (Lipinski definition) is 4. The molecule has 0 aliphatic rings. The molecule has 0 spiro atoms. The molecule has 0 rings (SSSR count). The molecule has 14 heavy (non-hydrogen) atoms. The maximum absolute atomic E-state index is 10.9. The zero-order valence-electron chi connectivity index (χ0n) is 8.19. The maximum Gasteiger partial charge on any atom is 0.335 e. The Hall–Kier alpha value is -1.58. The topological polar surface area (TPSA) is 52.6 Å². The fourth-order valence-corrected chi connectivity index (χ4v) is 0.623. The summed E-state index contributed by atoms with van der Waals surface area (Å²) in [4.78, 5) is 21.6. The van der Waals surface area contributed by atoms with Crippen molar-refractivity contribution in [3.05, 3.63) is 25.0 Å².